The second-order valence-electron chi connectivity index (χ2n) is 4.68. The van der Waals surface area contributed by atoms with Crippen LogP contribution in [0.2, 0.25) is 0 Å². The summed E-state index contributed by atoms with van der Waals surface area (Å²) in [5.74, 6) is -0.0983. The molecule has 0 aliphatic carbocycles. The minimum Gasteiger partial charge on any atom is -0.355 e. The predicted molar refractivity (Wildman–Crippen MR) is 79.7 cm³/mol. The van der Waals surface area contributed by atoms with Crippen LogP contribution in [0, 0.1) is 0 Å². The second kappa shape index (κ2) is 7.87. The van der Waals surface area contributed by atoms with Gasteiger partial charge in [0, 0.05) is 26.6 Å². The first-order chi connectivity index (χ1) is 9.16. The number of hydrogen-bond donors (Lipinski definition) is 3. The third kappa shape index (κ3) is 4.51. The summed E-state index contributed by atoms with van der Waals surface area (Å²) in [7, 11) is 0. The zero-order valence-electron chi connectivity index (χ0n) is 11.4. The van der Waals surface area contributed by atoms with Crippen molar-refractivity contribution >= 4 is 24.2 Å². The Morgan fingerprint density at radius 2 is 1.85 bits per heavy atom. The van der Waals surface area contributed by atoms with Crippen LogP contribution in [0.4, 0.5) is 0 Å². The summed E-state index contributed by atoms with van der Waals surface area (Å²) >= 11 is 0. The highest BCUT2D eigenvalue weighted by Gasteiger charge is 2.23. The number of halogens is 1. The van der Waals surface area contributed by atoms with Crippen LogP contribution in [-0.4, -0.2) is 30.9 Å². The molecule has 110 valence electrons. The topological polar surface area (TPSA) is 70.2 Å². The fourth-order valence-electron chi connectivity index (χ4n) is 2.19. The van der Waals surface area contributed by atoms with E-state index in [4.69, 9.17) is 0 Å². The number of amides is 2. The van der Waals surface area contributed by atoms with Crippen molar-refractivity contribution in [3.8, 4) is 0 Å². The Hall–Kier alpha value is -1.59. The quantitative estimate of drug-likeness (QED) is 0.704. The molecule has 1 atom stereocenters. The van der Waals surface area contributed by atoms with Crippen molar-refractivity contribution in [3.05, 3.63) is 35.4 Å². The second-order valence-corrected chi connectivity index (χ2v) is 4.68. The molecule has 2 amide bonds. The number of rotatable bonds is 4. The highest BCUT2D eigenvalue weighted by atomic mass is 35.5. The van der Waals surface area contributed by atoms with E-state index < -0.39 is 0 Å². The molecule has 3 N–H and O–H groups in total. The maximum Gasteiger partial charge on any atom is 0.237 e. The van der Waals surface area contributed by atoms with E-state index in [1.807, 2.05) is 12.1 Å². The molecular weight excluding hydrogens is 278 g/mol. The van der Waals surface area contributed by atoms with Gasteiger partial charge in [0.15, 0.2) is 0 Å². The summed E-state index contributed by atoms with van der Waals surface area (Å²) in [6.07, 6.45) is 0.710. The fourth-order valence-corrected chi connectivity index (χ4v) is 2.19. The number of carbonyl (C=O) groups excluding carboxylic acids is 2. The van der Waals surface area contributed by atoms with Gasteiger partial charge in [-0.25, -0.2) is 0 Å². The third-order valence-corrected chi connectivity index (χ3v) is 3.20. The fraction of sp³-hybridized carbons (Fsp3) is 0.429. The zero-order valence-corrected chi connectivity index (χ0v) is 12.3. The molecule has 0 spiro atoms. The van der Waals surface area contributed by atoms with E-state index >= 15 is 0 Å². The van der Waals surface area contributed by atoms with Gasteiger partial charge < -0.3 is 16.0 Å². The summed E-state index contributed by atoms with van der Waals surface area (Å²) in [6.45, 7) is 3.10. The lowest BCUT2D eigenvalue weighted by atomic mass is 9.95. The van der Waals surface area contributed by atoms with Gasteiger partial charge in [-0.15, -0.1) is 12.4 Å². The standard InChI is InChI=1S/C14H19N3O2.ClH/c1-10(18)15-6-7-16-14(19)13-8-11-4-2-3-5-12(11)9-17-13;/h2-5,13,17H,6-9H2,1H3,(H,15,18)(H,16,19);1H. The highest BCUT2D eigenvalue weighted by molar-refractivity contribution is 5.85. The summed E-state index contributed by atoms with van der Waals surface area (Å²) < 4.78 is 0. The van der Waals surface area contributed by atoms with E-state index in [1.54, 1.807) is 0 Å². The van der Waals surface area contributed by atoms with Gasteiger partial charge in [0.25, 0.3) is 0 Å². The lowest BCUT2D eigenvalue weighted by Gasteiger charge is -2.25. The molecule has 0 aromatic heterocycles. The van der Waals surface area contributed by atoms with E-state index in [1.165, 1.54) is 18.1 Å². The zero-order chi connectivity index (χ0) is 13.7. The van der Waals surface area contributed by atoms with Gasteiger partial charge in [0.05, 0.1) is 6.04 Å². The maximum atomic E-state index is 12.0. The predicted octanol–water partition coefficient (Wildman–Crippen LogP) is 0.375. The molecule has 0 radical (unpaired) electrons. The van der Waals surface area contributed by atoms with Crippen LogP contribution in [0.3, 0.4) is 0 Å². The molecule has 1 aromatic carbocycles. The van der Waals surface area contributed by atoms with E-state index in [9.17, 15) is 9.59 Å². The molecule has 1 aromatic rings. The van der Waals surface area contributed by atoms with Crippen LogP contribution in [-0.2, 0) is 22.6 Å². The van der Waals surface area contributed by atoms with Crippen LogP contribution in [0.1, 0.15) is 18.1 Å². The largest absolute Gasteiger partial charge is 0.355 e. The van der Waals surface area contributed by atoms with Crippen molar-refractivity contribution in [1.29, 1.82) is 0 Å². The normalized spacial score (nSPS) is 16.6. The molecule has 1 unspecified atom stereocenters. The Kier molecular flexibility index (Phi) is 6.48. The molecule has 0 saturated carbocycles. The average molecular weight is 298 g/mol. The van der Waals surface area contributed by atoms with Crippen LogP contribution in [0.5, 0.6) is 0 Å². The SMILES string of the molecule is CC(=O)NCCNC(=O)C1Cc2ccccc2CN1.Cl. The smallest absolute Gasteiger partial charge is 0.237 e. The number of carbonyl (C=O) groups is 2. The first kappa shape index (κ1) is 16.5. The van der Waals surface area contributed by atoms with Crippen molar-refractivity contribution in [2.24, 2.45) is 0 Å². The molecular formula is C14H20ClN3O2. The Morgan fingerprint density at radius 1 is 1.20 bits per heavy atom. The molecule has 0 saturated heterocycles. The van der Waals surface area contributed by atoms with Crippen LogP contribution < -0.4 is 16.0 Å². The highest BCUT2D eigenvalue weighted by Crippen LogP contribution is 2.16. The molecule has 0 bridgehead atoms. The Labute approximate surface area is 124 Å². The number of benzene rings is 1. The molecule has 1 aliphatic heterocycles. The van der Waals surface area contributed by atoms with Crippen molar-refractivity contribution in [2.45, 2.75) is 25.9 Å². The lowest BCUT2D eigenvalue weighted by Crippen LogP contribution is -2.48. The first-order valence-electron chi connectivity index (χ1n) is 6.49. The van der Waals surface area contributed by atoms with E-state index in [-0.39, 0.29) is 30.3 Å². The van der Waals surface area contributed by atoms with Crippen molar-refractivity contribution < 1.29 is 9.59 Å². The third-order valence-electron chi connectivity index (χ3n) is 3.20. The summed E-state index contributed by atoms with van der Waals surface area (Å²) in [6, 6.07) is 7.96. The monoisotopic (exact) mass is 297 g/mol. The van der Waals surface area contributed by atoms with Crippen molar-refractivity contribution in [2.75, 3.05) is 13.1 Å². The Morgan fingerprint density at radius 3 is 2.55 bits per heavy atom. The van der Waals surface area contributed by atoms with Crippen molar-refractivity contribution in [3.63, 3.8) is 0 Å². The van der Waals surface area contributed by atoms with E-state index in [2.05, 4.69) is 28.1 Å². The average Bonchev–Trinajstić information content (AvgIpc) is 2.42. The van der Waals surface area contributed by atoms with Crippen molar-refractivity contribution in [1.82, 2.24) is 16.0 Å². The van der Waals surface area contributed by atoms with Gasteiger partial charge in [-0.2, -0.15) is 0 Å². The minimum atomic E-state index is -0.188. The molecule has 0 fully saturated rings. The molecule has 1 aliphatic rings. The van der Waals surface area contributed by atoms with Gasteiger partial charge >= 0.3 is 0 Å². The van der Waals surface area contributed by atoms with Crippen LogP contribution in [0.15, 0.2) is 24.3 Å². The van der Waals surface area contributed by atoms with Gasteiger partial charge in [-0.1, -0.05) is 24.3 Å². The van der Waals surface area contributed by atoms with Gasteiger partial charge in [0.2, 0.25) is 11.8 Å². The van der Waals surface area contributed by atoms with Crippen LogP contribution in [0.25, 0.3) is 0 Å². The summed E-state index contributed by atoms with van der Waals surface area (Å²) in [4.78, 5) is 22.7. The number of fused-ring (bicyclic) bond motifs is 1. The minimum absolute atomic E-state index is 0. The molecule has 1 heterocycles. The summed E-state index contributed by atoms with van der Waals surface area (Å²) in [5.41, 5.74) is 2.48. The molecule has 2 rings (SSSR count). The van der Waals surface area contributed by atoms with E-state index in [0.29, 0.717) is 19.5 Å². The number of nitrogens with one attached hydrogen (secondary N) is 3. The maximum absolute atomic E-state index is 12.0. The van der Waals surface area contributed by atoms with Gasteiger partial charge in [0.1, 0.15) is 0 Å². The van der Waals surface area contributed by atoms with E-state index in [0.717, 1.165) is 6.54 Å². The molecule has 20 heavy (non-hydrogen) atoms. The summed E-state index contributed by atoms with van der Waals surface area (Å²) in [5, 5.41) is 8.69. The number of hydrogen-bond acceptors (Lipinski definition) is 3. The van der Waals surface area contributed by atoms with Gasteiger partial charge in [-0.05, 0) is 17.5 Å². The lowest BCUT2D eigenvalue weighted by molar-refractivity contribution is -0.123. The van der Waals surface area contributed by atoms with Gasteiger partial charge in [-0.3, -0.25) is 9.59 Å². The Balaban J connectivity index is 0.00000200. The first-order valence-corrected chi connectivity index (χ1v) is 6.49. The molecule has 5 nitrogen and oxygen atoms in total. The van der Waals surface area contributed by atoms with Crippen LogP contribution >= 0.6 is 12.4 Å². The molecule has 6 heteroatoms. The Bertz CT molecular complexity index is 479.